The molecule has 10 heteroatoms. The molecule has 1 aromatic rings. The number of carbonyl (C=O) groups excluding carboxylic acids is 1. The summed E-state index contributed by atoms with van der Waals surface area (Å²) in [6.45, 7) is 9.51. The molecule has 3 N–H and O–H groups in total. The number of hydrogen-bond donors (Lipinski definition) is 3. The molecule has 0 bridgehead atoms. The van der Waals surface area contributed by atoms with Gasteiger partial charge >= 0.3 is 12.1 Å². The molecule has 0 aliphatic rings. The van der Waals surface area contributed by atoms with Gasteiger partial charge in [-0.15, -0.1) is 0 Å². The second-order valence-electron chi connectivity index (χ2n) is 8.45. The number of nitrogens with one attached hydrogen (secondary N) is 2. The van der Waals surface area contributed by atoms with Crippen molar-refractivity contribution in [2.75, 3.05) is 5.32 Å². The zero-order valence-electron chi connectivity index (χ0n) is 16.6. The van der Waals surface area contributed by atoms with E-state index < -0.39 is 44.8 Å². The van der Waals surface area contributed by atoms with Gasteiger partial charge in [-0.25, -0.2) is 13.3 Å². The maximum absolute atomic E-state index is 14.6. The molecule has 0 unspecified atom stereocenters. The molecule has 0 spiro atoms. The summed E-state index contributed by atoms with van der Waals surface area (Å²) in [5.74, 6) is -2.98. The summed E-state index contributed by atoms with van der Waals surface area (Å²) in [5, 5.41) is 11.9. The number of hydrogen-bond acceptors (Lipinski definition) is 3. The average molecular weight is 426 g/mol. The molecular formula is C18H26F4N2O3S. The lowest BCUT2D eigenvalue weighted by molar-refractivity contribution is -0.167. The number of amides is 1. The minimum Gasteiger partial charge on any atom is -0.390 e. The van der Waals surface area contributed by atoms with Gasteiger partial charge in [0, 0.05) is 11.3 Å². The van der Waals surface area contributed by atoms with Gasteiger partial charge in [0.2, 0.25) is 0 Å². The Labute approximate surface area is 164 Å². The third-order valence-corrected chi connectivity index (χ3v) is 5.48. The molecule has 0 aliphatic heterocycles. The van der Waals surface area contributed by atoms with Crippen molar-refractivity contribution in [1.82, 2.24) is 4.72 Å². The second kappa shape index (κ2) is 8.08. The molecule has 160 valence electrons. The van der Waals surface area contributed by atoms with Gasteiger partial charge in [0.25, 0.3) is 0 Å². The van der Waals surface area contributed by atoms with Crippen molar-refractivity contribution in [3.8, 4) is 0 Å². The number of carbonyl (C=O) groups is 1. The highest BCUT2D eigenvalue weighted by Gasteiger charge is 2.40. The van der Waals surface area contributed by atoms with Gasteiger partial charge in [0.05, 0.1) is 26.9 Å². The number of anilines is 1. The van der Waals surface area contributed by atoms with Crippen LogP contribution in [0.4, 0.5) is 23.2 Å². The van der Waals surface area contributed by atoms with Crippen molar-refractivity contribution in [2.45, 2.75) is 70.0 Å². The molecule has 0 heterocycles. The fourth-order valence-corrected chi connectivity index (χ4v) is 3.53. The number of benzene rings is 1. The Morgan fingerprint density at radius 3 is 2.07 bits per heavy atom. The van der Waals surface area contributed by atoms with Crippen LogP contribution in [0.25, 0.3) is 0 Å². The summed E-state index contributed by atoms with van der Waals surface area (Å²) < 4.78 is 66.8. The molecule has 0 saturated heterocycles. The van der Waals surface area contributed by atoms with E-state index in [1.807, 2.05) is 0 Å². The smallest absolute Gasteiger partial charge is 0.390 e. The van der Waals surface area contributed by atoms with Gasteiger partial charge in [-0.2, -0.15) is 13.2 Å². The monoisotopic (exact) mass is 426 g/mol. The van der Waals surface area contributed by atoms with Crippen molar-refractivity contribution >= 4 is 22.6 Å². The van der Waals surface area contributed by atoms with Crippen LogP contribution in [0.5, 0.6) is 0 Å². The summed E-state index contributed by atoms with van der Waals surface area (Å²) in [5.41, 5.74) is -3.13. The third kappa shape index (κ3) is 6.82. The van der Waals surface area contributed by atoms with Crippen molar-refractivity contribution in [3.05, 3.63) is 29.6 Å². The average Bonchev–Trinajstić information content (AvgIpc) is 2.44. The lowest BCUT2D eigenvalue weighted by Gasteiger charge is -2.38. The van der Waals surface area contributed by atoms with Crippen LogP contribution in [0.3, 0.4) is 0 Å². The summed E-state index contributed by atoms with van der Waals surface area (Å²) in [4.78, 5) is 11.2. The first-order valence-corrected chi connectivity index (χ1v) is 9.60. The largest absolute Gasteiger partial charge is 0.471 e. The molecule has 1 aromatic carbocycles. The van der Waals surface area contributed by atoms with E-state index in [2.05, 4.69) is 4.72 Å². The number of aliphatic hydroxyl groups is 1. The van der Waals surface area contributed by atoms with Crippen LogP contribution >= 0.6 is 0 Å². The Hall–Kier alpha value is -1.52. The zero-order chi connectivity index (χ0) is 22.1. The summed E-state index contributed by atoms with van der Waals surface area (Å²) >= 11 is 0. The molecule has 2 atom stereocenters. The van der Waals surface area contributed by atoms with Crippen molar-refractivity contribution in [3.63, 3.8) is 0 Å². The Balaban J connectivity index is 3.42. The van der Waals surface area contributed by atoms with Crippen molar-refractivity contribution < 1.29 is 31.7 Å². The highest BCUT2D eigenvalue weighted by molar-refractivity contribution is 7.84. The van der Waals surface area contributed by atoms with Crippen LogP contribution in [-0.2, 0) is 21.3 Å². The van der Waals surface area contributed by atoms with Crippen molar-refractivity contribution in [1.29, 1.82) is 0 Å². The lowest BCUT2D eigenvalue weighted by Crippen LogP contribution is -2.50. The molecule has 0 radical (unpaired) electrons. The van der Waals surface area contributed by atoms with E-state index in [0.717, 1.165) is 18.2 Å². The SMILES string of the molecule is CC(C)(O)C[C@](C)(N[S@](=O)C(C)(C)C)c1cc(NC(=O)C(F)(F)F)ccc1F. The molecule has 28 heavy (non-hydrogen) atoms. The number of rotatable bonds is 6. The van der Waals surface area contributed by atoms with Crippen molar-refractivity contribution in [2.24, 2.45) is 0 Å². The normalized spacial score (nSPS) is 16.4. The van der Waals surface area contributed by atoms with E-state index >= 15 is 0 Å². The van der Waals surface area contributed by atoms with Crippen LogP contribution in [0.2, 0.25) is 0 Å². The maximum Gasteiger partial charge on any atom is 0.471 e. The first-order valence-electron chi connectivity index (χ1n) is 8.45. The molecule has 1 amide bonds. The van der Waals surface area contributed by atoms with E-state index in [-0.39, 0.29) is 17.7 Å². The van der Waals surface area contributed by atoms with E-state index in [4.69, 9.17) is 0 Å². The maximum atomic E-state index is 14.6. The van der Waals surface area contributed by atoms with Gasteiger partial charge in [-0.05, 0) is 66.2 Å². The van der Waals surface area contributed by atoms with Crippen LogP contribution in [0.1, 0.15) is 53.5 Å². The zero-order valence-corrected chi connectivity index (χ0v) is 17.4. The van der Waals surface area contributed by atoms with Crippen LogP contribution in [0.15, 0.2) is 18.2 Å². The molecule has 5 nitrogen and oxygen atoms in total. The number of alkyl halides is 3. The predicted molar refractivity (Wildman–Crippen MR) is 100 cm³/mol. The quantitative estimate of drug-likeness (QED) is 0.606. The molecular weight excluding hydrogens is 400 g/mol. The molecule has 0 aliphatic carbocycles. The van der Waals surface area contributed by atoms with E-state index in [1.54, 1.807) is 26.1 Å². The molecule has 1 rings (SSSR count). The van der Waals surface area contributed by atoms with Crippen LogP contribution in [0, 0.1) is 5.82 Å². The minimum absolute atomic E-state index is 0.102. The fourth-order valence-electron chi connectivity index (χ4n) is 2.64. The Morgan fingerprint density at radius 2 is 1.64 bits per heavy atom. The van der Waals surface area contributed by atoms with Gasteiger partial charge < -0.3 is 10.4 Å². The summed E-state index contributed by atoms with van der Waals surface area (Å²) in [7, 11) is -1.68. The Morgan fingerprint density at radius 1 is 1.11 bits per heavy atom. The summed E-state index contributed by atoms with van der Waals surface area (Å²) in [6.07, 6.45) is -5.20. The first-order chi connectivity index (χ1) is 12.3. The van der Waals surface area contributed by atoms with Gasteiger partial charge in [0.15, 0.2) is 0 Å². The van der Waals surface area contributed by atoms with Gasteiger partial charge in [-0.3, -0.25) is 4.79 Å². The lowest BCUT2D eigenvalue weighted by atomic mass is 9.82. The van der Waals surface area contributed by atoms with Crippen LogP contribution in [-0.4, -0.2) is 31.7 Å². The summed E-state index contributed by atoms with van der Waals surface area (Å²) in [6, 6.07) is 2.94. The minimum atomic E-state index is -5.10. The topological polar surface area (TPSA) is 78.4 Å². The van der Waals surface area contributed by atoms with Gasteiger partial charge in [0.1, 0.15) is 5.82 Å². The van der Waals surface area contributed by atoms with E-state index in [1.165, 1.54) is 20.8 Å². The molecule has 0 saturated carbocycles. The van der Waals surface area contributed by atoms with E-state index in [0.29, 0.717) is 0 Å². The van der Waals surface area contributed by atoms with Crippen LogP contribution < -0.4 is 10.0 Å². The Bertz CT molecular complexity index is 755. The predicted octanol–water partition coefficient (Wildman–Crippen LogP) is 3.75. The Kier molecular flexibility index (Phi) is 7.07. The second-order valence-corrected chi connectivity index (χ2v) is 10.4. The fraction of sp³-hybridized carbons (Fsp3) is 0.611. The third-order valence-electron chi connectivity index (χ3n) is 3.74. The highest BCUT2D eigenvalue weighted by atomic mass is 32.2. The number of halogens is 4. The van der Waals surface area contributed by atoms with Gasteiger partial charge in [-0.1, -0.05) is 0 Å². The standard InChI is InChI=1S/C18H26F4N2O3S/c1-15(2,3)28(27)24-17(6,10-16(4,5)26)12-9-11(7-8-13(12)19)23-14(25)18(20,21)22/h7-9,24,26H,10H2,1-6H3,(H,23,25)/t17-,28+/m0/s1. The molecule has 0 aromatic heterocycles. The van der Waals surface area contributed by atoms with E-state index in [9.17, 15) is 31.7 Å². The highest BCUT2D eigenvalue weighted by Crippen LogP contribution is 2.35. The molecule has 0 fully saturated rings. The first kappa shape index (κ1) is 24.5.